The van der Waals surface area contributed by atoms with Crippen LogP contribution in [0.1, 0.15) is 132 Å². The van der Waals surface area contributed by atoms with Crippen LogP contribution in [0, 0.1) is 41.4 Å². The van der Waals surface area contributed by atoms with Crippen LogP contribution in [0.4, 0.5) is 0 Å². The van der Waals surface area contributed by atoms with Crippen molar-refractivity contribution >= 4 is 29.2 Å². The smallest absolute Gasteiger partial charge is 0.329 e. The molecule has 0 spiro atoms. The number of amides is 1. The average Bonchev–Trinajstić information content (AvgIpc) is 3.39. The van der Waals surface area contributed by atoms with Crippen molar-refractivity contribution in [1.29, 1.82) is 0 Å². The number of ketones is 3. The highest BCUT2D eigenvalue weighted by molar-refractivity contribution is 6.39. The van der Waals surface area contributed by atoms with Crippen molar-refractivity contribution in [2.45, 2.75) is 187 Å². The zero-order chi connectivity index (χ0) is 54.1. The maximum Gasteiger partial charge on any atom is 0.329 e. The van der Waals surface area contributed by atoms with Crippen molar-refractivity contribution < 1.29 is 66.6 Å². The Morgan fingerprint density at radius 1 is 0.784 bits per heavy atom. The summed E-state index contributed by atoms with van der Waals surface area (Å²) in [5.74, 6) is -3.57. The molecule has 2 bridgehead atoms. The zero-order valence-electron chi connectivity index (χ0n) is 47.0. The van der Waals surface area contributed by atoms with E-state index in [4.69, 9.17) is 42.6 Å². The molecular weight excluding hydrogens is 947 g/mol. The number of carbonyl (C=O) groups is 5. The van der Waals surface area contributed by atoms with E-state index in [1.807, 2.05) is 52.0 Å². The predicted molar refractivity (Wildman–Crippen MR) is 282 cm³/mol. The van der Waals surface area contributed by atoms with E-state index in [9.17, 15) is 24.0 Å². The maximum absolute atomic E-state index is 14.8. The van der Waals surface area contributed by atoms with Crippen molar-refractivity contribution in [3.63, 3.8) is 0 Å². The van der Waals surface area contributed by atoms with E-state index in [2.05, 4.69) is 26.0 Å². The molecule has 5 aliphatic rings. The van der Waals surface area contributed by atoms with Gasteiger partial charge in [-0.1, -0.05) is 76.6 Å². The third kappa shape index (κ3) is 16.8. The van der Waals surface area contributed by atoms with Crippen molar-refractivity contribution in [3.05, 3.63) is 47.6 Å². The predicted octanol–water partition coefficient (Wildman–Crippen LogP) is 8.59. The third-order valence-electron chi connectivity index (χ3n) is 16.9. The van der Waals surface area contributed by atoms with Gasteiger partial charge in [0.15, 0.2) is 5.78 Å². The van der Waals surface area contributed by atoms with Gasteiger partial charge in [0.1, 0.15) is 41.8 Å². The van der Waals surface area contributed by atoms with Gasteiger partial charge in [0.25, 0.3) is 11.7 Å². The first kappa shape index (κ1) is 61.4. The highest BCUT2D eigenvalue weighted by atomic mass is 16.6. The highest BCUT2D eigenvalue weighted by Crippen LogP contribution is 2.39. The molecule has 1 unspecified atom stereocenters. The lowest BCUT2D eigenvalue weighted by atomic mass is 9.78. The fourth-order valence-corrected chi connectivity index (χ4v) is 11.9. The minimum Gasteiger partial charge on any atom is -0.460 e. The second-order valence-corrected chi connectivity index (χ2v) is 22.5. The van der Waals surface area contributed by atoms with E-state index in [1.165, 1.54) is 19.1 Å². The summed E-state index contributed by atoms with van der Waals surface area (Å²) in [7, 11) is 6.43. The van der Waals surface area contributed by atoms with Gasteiger partial charge in [-0.15, -0.1) is 0 Å². The van der Waals surface area contributed by atoms with E-state index in [-0.39, 0.29) is 84.5 Å². The van der Waals surface area contributed by atoms with Crippen LogP contribution in [-0.2, 0) is 66.6 Å². The summed E-state index contributed by atoms with van der Waals surface area (Å²) >= 11 is 0. The minimum atomic E-state index is -1.44. The molecule has 0 aromatic rings. The molecule has 15 heteroatoms. The van der Waals surface area contributed by atoms with E-state index in [1.54, 1.807) is 28.1 Å². The van der Waals surface area contributed by atoms with E-state index < -0.39 is 53.5 Å². The number of hydrogen-bond donors (Lipinski definition) is 0. The van der Waals surface area contributed by atoms with Gasteiger partial charge in [0.2, 0.25) is 0 Å². The first-order valence-electron chi connectivity index (χ1n) is 27.7. The summed E-state index contributed by atoms with van der Waals surface area (Å²) in [6.07, 6.45) is 16.0. The first-order valence-corrected chi connectivity index (χ1v) is 27.7. The van der Waals surface area contributed by atoms with Gasteiger partial charge in [-0.3, -0.25) is 19.2 Å². The zero-order valence-corrected chi connectivity index (χ0v) is 47.0. The minimum absolute atomic E-state index is 0.0130. The summed E-state index contributed by atoms with van der Waals surface area (Å²) in [6.45, 7) is 17.9. The Bertz CT molecular complexity index is 1960. The number of hydrogen-bond acceptors (Lipinski definition) is 14. The van der Waals surface area contributed by atoms with Crippen molar-refractivity contribution in [2.75, 3.05) is 68.0 Å². The summed E-state index contributed by atoms with van der Waals surface area (Å²) in [5, 5.41) is 0. The number of ether oxygens (including phenoxy) is 9. The fraction of sp³-hybridized carbons (Fsp3) is 0.780. The fourth-order valence-electron chi connectivity index (χ4n) is 11.9. The number of esters is 1. The van der Waals surface area contributed by atoms with Gasteiger partial charge in [0, 0.05) is 59.2 Å². The van der Waals surface area contributed by atoms with Crippen LogP contribution in [-0.4, -0.2) is 157 Å². The number of fused-ring (bicyclic) bond motifs is 3. The molecule has 3 saturated heterocycles. The number of piperidine rings is 1. The maximum atomic E-state index is 14.8. The Balaban J connectivity index is 1.48. The summed E-state index contributed by atoms with van der Waals surface area (Å²) in [4.78, 5) is 74.0. The largest absolute Gasteiger partial charge is 0.460 e. The molecule has 15 nitrogen and oxygen atoms in total. The molecule has 0 radical (unpaired) electrons. The molecule has 16 atom stereocenters. The van der Waals surface area contributed by atoms with Gasteiger partial charge in [-0.25, -0.2) is 4.79 Å². The Morgan fingerprint density at radius 3 is 2.22 bits per heavy atom. The number of cyclic esters (lactones) is 1. The van der Waals surface area contributed by atoms with Gasteiger partial charge in [-0.2, -0.15) is 0 Å². The monoisotopic (exact) mass is 1040 g/mol. The molecule has 4 fully saturated rings. The molecule has 1 aliphatic carbocycles. The number of Topliss-reactive ketones (excluding diaryl/α,β-unsaturated/α-hetero) is 3. The number of carbonyl (C=O) groups excluding carboxylic acids is 5. The standard InChI is InChI=1S/C59H93NO14/c1-37-18-14-13-15-19-38(2)45(34-71-36-47-35-70-26-27-72-47)32-46-23-21-43(7)59(8,74-46)56(63)57(64)60-25-17-16-20-48(60)58(65)73-51(40(4)30-44-22-24-50(66-9)52(31-44)67-10)33-49(61)39(3)29-42(6)54(68-11)55(69-12)53(62)41(5)28-37/h13-15,18-19,29,37,39-41,43-48,50-52,54-55H,16-17,20-28,30-36H2,1-12H3/b15-13+,18-14+,38-19+,42-29+/t37-,39-,40-,41-,43-,44+,45-,46+,47?,48+,50-,51+,52-,54-,55+,59-/m1/s1. The van der Waals surface area contributed by atoms with Gasteiger partial charge < -0.3 is 47.5 Å². The molecule has 1 saturated carbocycles. The van der Waals surface area contributed by atoms with Crippen LogP contribution < -0.4 is 0 Å². The molecular formula is C59H93NO14. The van der Waals surface area contributed by atoms with Crippen LogP contribution in [0.25, 0.3) is 0 Å². The van der Waals surface area contributed by atoms with Crippen LogP contribution >= 0.6 is 0 Å². The molecule has 4 heterocycles. The van der Waals surface area contributed by atoms with E-state index >= 15 is 0 Å². The lowest BCUT2D eigenvalue weighted by Gasteiger charge is -2.44. The van der Waals surface area contributed by atoms with E-state index in [0.717, 1.165) is 24.8 Å². The summed E-state index contributed by atoms with van der Waals surface area (Å²) < 4.78 is 54.3. The Labute approximate surface area is 443 Å². The van der Waals surface area contributed by atoms with E-state index in [0.29, 0.717) is 90.0 Å². The number of methoxy groups -OCH3 is 4. The van der Waals surface area contributed by atoms with Crippen LogP contribution in [0.2, 0.25) is 0 Å². The van der Waals surface area contributed by atoms with Crippen molar-refractivity contribution in [1.82, 2.24) is 4.90 Å². The molecule has 1 amide bonds. The van der Waals surface area contributed by atoms with Crippen LogP contribution in [0.15, 0.2) is 47.6 Å². The quantitative estimate of drug-likeness (QED) is 0.109. The first-order chi connectivity index (χ1) is 35.3. The normalized spacial score (nSPS) is 39.2. The van der Waals surface area contributed by atoms with Crippen molar-refractivity contribution in [3.8, 4) is 0 Å². The van der Waals surface area contributed by atoms with Gasteiger partial charge >= 0.3 is 5.97 Å². The average molecular weight is 1040 g/mol. The number of allylic oxidation sites excluding steroid dienone is 6. The molecule has 0 aromatic carbocycles. The molecule has 0 aromatic heterocycles. The van der Waals surface area contributed by atoms with Gasteiger partial charge in [-0.05, 0) is 121 Å². The Kier molecular flexibility index (Phi) is 24.9. The van der Waals surface area contributed by atoms with Crippen molar-refractivity contribution in [2.24, 2.45) is 41.4 Å². The number of nitrogens with zero attached hydrogens (tertiary/aromatic N) is 1. The SMILES string of the molecule is CO[C@@H]1/C(C)=C/[C@@H](C)C(=O)C[C@@H]([C@H](C)C[C@@H]2CC[C@@H](OC)[C@H](OC)C2)OC(=O)[C@@H]2CCCCN2C(=O)C(=O)[C@]2(C)O[C@@H](CC[C@H]2C)C[C@H](COCC2COCCO2)/C(C)=C/C=C/C=C/[C@@H](C)C[C@@H](C)C(=O)[C@@H]1OC. The van der Waals surface area contributed by atoms with Gasteiger partial charge in [0.05, 0.1) is 51.3 Å². The lowest BCUT2D eigenvalue weighted by molar-refractivity contribution is -0.184. The second kappa shape index (κ2) is 29.9. The second-order valence-electron chi connectivity index (χ2n) is 22.5. The highest BCUT2D eigenvalue weighted by Gasteiger charge is 2.51. The summed E-state index contributed by atoms with van der Waals surface area (Å²) in [6, 6.07) is -1.01. The molecule has 5 rings (SSSR count). The molecule has 4 aliphatic heterocycles. The third-order valence-corrected chi connectivity index (χ3v) is 16.9. The lowest BCUT2D eigenvalue weighted by Crippen LogP contribution is -2.59. The Morgan fingerprint density at radius 2 is 1.53 bits per heavy atom. The Hall–Kier alpha value is -3.41. The molecule has 74 heavy (non-hydrogen) atoms. The topological polar surface area (TPSA) is 172 Å². The van der Waals surface area contributed by atoms with Crippen LogP contribution in [0.3, 0.4) is 0 Å². The van der Waals surface area contributed by atoms with Crippen LogP contribution in [0.5, 0.6) is 0 Å². The molecule has 418 valence electrons. The molecule has 0 N–H and O–H groups in total. The number of rotatable bonds is 11. The summed E-state index contributed by atoms with van der Waals surface area (Å²) in [5.41, 5.74) is 0.301.